The second-order valence-corrected chi connectivity index (χ2v) is 5.39. The summed E-state index contributed by atoms with van der Waals surface area (Å²) in [6.45, 7) is 5.54. The smallest absolute Gasteiger partial charge is 0.265 e. The zero-order valence-electron chi connectivity index (χ0n) is 12.3. The minimum atomic E-state index is -0.593. The summed E-state index contributed by atoms with van der Waals surface area (Å²) in [5.41, 5.74) is 2.58. The predicted molar refractivity (Wildman–Crippen MR) is 86.1 cm³/mol. The number of carbonyl (C=O) groups excluding carboxylic acids is 1. The van der Waals surface area contributed by atoms with Gasteiger partial charge in [-0.3, -0.25) is 4.79 Å². The number of benzene rings is 2. The lowest BCUT2D eigenvalue weighted by Crippen LogP contribution is -2.30. The number of ether oxygens (including phenoxy) is 1. The highest BCUT2D eigenvalue weighted by Gasteiger charge is 2.16. The fourth-order valence-corrected chi connectivity index (χ4v) is 2.11. The van der Waals surface area contributed by atoms with Gasteiger partial charge in [-0.1, -0.05) is 29.8 Å². The molecule has 4 heteroatoms. The van der Waals surface area contributed by atoms with Crippen LogP contribution in [0.3, 0.4) is 0 Å². The molecule has 3 nitrogen and oxygen atoms in total. The number of aryl methyl sites for hydroxylation is 2. The number of rotatable bonds is 4. The maximum Gasteiger partial charge on any atom is 0.265 e. The monoisotopic (exact) mass is 303 g/mol. The molecule has 0 fully saturated rings. The van der Waals surface area contributed by atoms with Crippen LogP contribution in [-0.2, 0) is 4.79 Å². The summed E-state index contributed by atoms with van der Waals surface area (Å²) in [4.78, 5) is 12.1. The van der Waals surface area contributed by atoms with Gasteiger partial charge in [0.15, 0.2) is 6.10 Å². The van der Waals surface area contributed by atoms with Gasteiger partial charge in [0, 0.05) is 10.7 Å². The van der Waals surface area contributed by atoms with Crippen molar-refractivity contribution >= 4 is 23.2 Å². The maximum atomic E-state index is 12.1. The number of halogens is 1. The Balaban J connectivity index is 2.06. The van der Waals surface area contributed by atoms with E-state index in [0.717, 1.165) is 16.8 Å². The van der Waals surface area contributed by atoms with Gasteiger partial charge >= 0.3 is 0 Å². The molecular weight excluding hydrogens is 286 g/mol. The highest BCUT2D eigenvalue weighted by molar-refractivity contribution is 6.31. The molecule has 0 spiro atoms. The number of carbonyl (C=O) groups is 1. The second kappa shape index (κ2) is 6.64. The third kappa shape index (κ3) is 3.99. The normalized spacial score (nSPS) is 11.8. The minimum absolute atomic E-state index is 0.187. The van der Waals surface area contributed by atoms with Gasteiger partial charge in [-0.05, 0) is 56.2 Å². The molecule has 21 heavy (non-hydrogen) atoms. The van der Waals surface area contributed by atoms with E-state index in [1.165, 1.54) is 0 Å². The summed E-state index contributed by atoms with van der Waals surface area (Å²) < 4.78 is 5.74. The summed E-state index contributed by atoms with van der Waals surface area (Å²) in [6.07, 6.45) is -0.593. The summed E-state index contributed by atoms with van der Waals surface area (Å²) in [5, 5.41) is 3.51. The third-order valence-corrected chi connectivity index (χ3v) is 3.58. The average Bonchev–Trinajstić information content (AvgIpc) is 2.45. The van der Waals surface area contributed by atoms with Crippen molar-refractivity contribution in [2.24, 2.45) is 0 Å². The summed E-state index contributed by atoms with van der Waals surface area (Å²) in [6, 6.07) is 13.0. The van der Waals surface area contributed by atoms with Crippen molar-refractivity contribution in [1.82, 2.24) is 0 Å². The van der Waals surface area contributed by atoms with Crippen molar-refractivity contribution < 1.29 is 9.53 Å². The molecule has 2 rings (SSSR count). The van der Waals surface area contributed by atoms with Crippen LogP contribution in [0, 0.1) is 13.8 Å². The molecule has 0 aromatic heterocycles. The van der Waals surface area contributed by atoms with Gasteiger partial charge in [0.05, 0.1) is 0 Å². The molecule has 0 aliphatic carbocycles. The molecule has 1 unspecified atom stereocenters. The molecule has 1 N–H and O–H groups in total. The van der Waals surface area contributed by atoms with E-state index < -0.39 is 6.10 Å². The Kier molecular flexibility index (Phi) is 4.86. The van der Waals surface area contributed by atoms with Gasteiger partial charge in [0.1, 0.15) is 5.75 Å². The molecule has 1 atom stereocenters. The molecule has 0 aliphatic rings. The molecular formula is C17H18ClNO2. The molecule has 2 aromatic rings. The largest absolute Gasteiger partial charge is 0.481 e. The third-order valence-electron chi connectivity index (χ3n) is 3.17. The molecule has 0 bridgehead atoms. The zero-order valence-corrected chi connectivity index (χ0v) is 13.1. The predicted octanol–water partition coefficient (Wildman–Crippen LogP) is 4.36. The molecule has 0 saturated carbocycles. The van der Waals surface area contributed by atoms with Crippen LogP contribution in [0.2, 0.25) is 5.02 Å². The second-order valence-electron chi connectivity index (χ2n) is 4.98. The quantitative estimate of drug-likeness (QED) is 0.911. The number of hydrogen-bond acceptors (Lipinski definition) is 2. The van der Waals surface area contributed by atoms with Crippen molar-refractivity contribution in [3.05, 3.63) is 58.6 Å². The van der Waals surface area contributed by atoms with Crippen molar-refractivity contribution in [3.63, 3.8) is 0 Å². The molecule has 0 radical (unpaired) electrons. The van der Waals surface area contributed by atoms with Gasteiger partial charge in [-0.25, -0.2) is 0 Å². The maximum absolute atomic E-state index is 12.1. The van der Waals surface area contributed by atoms with Crippen LogP contribution in [0.15, 0.2) is 42.5 Å². The number of para-hydroxylation sites is 1. The number of amides is 1. The van der Waals surface area contributed by atoms with Crippen LogP contribution < -0.4 is 10.1 Å². The van der Waals surface area contributed by atoms with Crippen LogP contribution in [-0.4, -0.2) is 12.0 Å². The average molecular weight is 304 g/mol. The highest BCUT2D eigenvalue weighted by Crippen LogP contribution is 2.26. The highest BCUT2D eigenvalue weighted by atomic mass is 35.5. The number of nitrogens with one attached hydrogen (secondary N) is 1. The molecule has 110 valence electrons. The van der Waals surface area contributed by atoms with Gasteiger partial charge < -0.3 is 10.1 Å². The lowest BCUT2D eigenvalue weighted by atomic mass is 10.1. The topological polar surface area (TPSA) is 38.3 Å². The molecule has 0 heterocycles. The standard InChI is InChI=1S/C17H18ClNO2/c1-11-10-16(12(2)9-15(11)18)21-13(3)17(20)19-14-7-5-4-6-8-14/h4-10,13H,1-3H3,(H,19,20). The summed E-state index contributed by atoms with van der Waals surface area (Å²) in [7, 11) is 0. The van der Waals surface area contributed by atoms with Crippen molar-refractivity contribution in [1.29, 1.82) is 0 Å². The van der Waals surface area contributed by atoms with E-state index in [-0.39, 0.29) is 5.91 Å². The summed E-state index contributed by atoms with van der Waals surface area (Å²) in [5.74, 6) is 0.487. The van der Waals surface area contributed by atoms with Crippen LogP contribution in [0.5, 0.6) is 5.75 Å². The van der Waals surface area contributed by atoms with Crippen LogP contribution >= 0.6 is 11.6 Å². The van der Waals surface area contributed by atoms with E-state index in [0.29, 0.717) is 10.8 Å². The van der Waals surface area contributed by atoms with Crippen LogP contribution in [0.4, 0.5) is 5.69 Å². The van der Waals surface area contributed by atoms with E-state index in [1.54, 1.807) is 6.92 Å². The van der Waals surface area contributed by atoms with Gasteiger partial charge in [-0.2, -0.15) is 0 Å². The van der Waals surface area contributed by atoms with Crippen LogP contribution in [0.25, 0.3) is 0 Å². The Labute approximate surface area is 129 Å². The molecule has 0 saturated heterocycles. The van der Waals surface area contributed by atoms with E-state index in [4.69, 9.17) is 16.3 Å². The Morgan fingerprint density at radius 1 is 1.14 bits per heavy atom. The first-order valence-electron chi connectivity index (χ1n) is 6.76. The van der Waals surface area contributed by atoms with Gasteiger partial charge in [0.25, 0.3) is 5.91 Å². The zero-order chi connectivity index (χ0) is 15.4. The van der Waals surface area contributed by atoms with Gasteiger partial charge in [-0.15, -0.1) is 0 Å². The summed E-state index contributed by atoms with van der Waals surface area (Å²) >= 11 is 6.06. The minimum Gasteiger partial charge on any atom is -0.481 e. The number of hydrogen-bond donors (Lipinski definition) is 1. The Hall–Kier alpha value is -2.00. The fourth-order valence-electron chi connectivity index (χ4n) is 1.89. The van der Waals surface area contributed by atoms with E-state index >= 15 is 0 Å². The Bertz CT molecular complexity index is 641. The van der Waals surface area contributed by atoms with E-state index in [9.17, 15) is 4.79 Å². The van der Waals surface area contributed by atoms with Crippen LogP contribution in [0.1, 0.15) is 18.1 Å². The van der Waals surface area contributed by atoms with Crippen molar-refractivity contribution in [2.45, 2.75) is 26.9 Å². The van der Waals surface area contributed by atoms with Crippen molar-refractivity contribution in [3.8, 4) is 5.75 Å². The molecule has 1 amide bonds. The first-order chi connectivity index (χ1) is 9.97. The lowest BCUT2D eigenvalue weighted by molar-refractivity contribution is -0.122. The van der Waals surface area contributed by atoms with Gasteiger partial charge in [0.2, 0.25) is 0 Å². The lowest BCUT2D eigenvalue weighted by Gasteiger charge is -2.17. The Morgan fingerprint density at radius 2 is 1.81 bits per heavy atom. The molecule has 2 aromatic carbocycles. The fraction of sp³-hybridized carbons (Fsp3) is 0.235. The first kappa shape index (κ1) is 15.4. The SMILES string of the molecule is Cc1cc(OC(C)C(=O)Nc2ccccc2)c(C)cc1Cl. The first-order valence-corrected chi connectivity index (χ1v) is 7.14. The molecule has 0 aliphatic heterocycles. The van der Waals surface area contributed by atoms with E-state index in [2.05, 4.69) is 5.32 Å². The number of anilines is 1. The van der Waals surface area contributed by atoms with Crippen molar-refractivity contribution in [2.75, 3.05) is 5.32 Å². The Morgan fingerprint density at radius 3 is 2.48 bits per heavy atom. The van der Waals surface area contributed by atoms with E-state index in [1.807, 2.05) is 56.3 Å².